The number of rotatable bonds is 6. The highest BCUT2D eigenvalue weighted by atomic mass is 16.4. The summed E-state index contributed by atoms with van der Waals surface area (Å²) in [6.45, 7) is 4.76. The van der Waals surface area contributed by atoms with E-state index in [4.69, 9.17) is 10.2 Å². The highest BCUT2D eigenvalue weighted by Crippen LogP contribution is 2.44. The van der Waals surface area contributed by atoms with Crippen molar-refractivity contribution < 1.29 is 15.0 Å². The minimum Gasteiger partial charge on any atom is -0.481 e. The van der Waals surface area contributed by atoms with Gasteiger partial charge in [-0.05, 0) is 26.7 Å². The summed E-state index contributed by atoms with van der Waals surface area (Å²) < 4.78 is 0. The van der Waals surface area contributed by atoms with Crippen LogP contribution in [0, 0.1) is 10.8 Å². The van der Waals surface area contributed by atoms with Crippen LogP contribution in [0.25, 0.3) is 0 Å². The van der Waals surface area contributed by atoms with Gasteiger partial charge in [0.2, 0.25) is 0 Å². The molecule has 0 radical (unpaired) electrons. The Labute approximate surface area is 84.3 Å². The zero-order valence-corrected chi connectivity index (χ0v) is 8.84. The molecule has 0 aromatic heterocycles. The largest absolute Gasteiger partial charge is 0.481 e. The van der Waals surface area contributed by atoms with Gasteiger partial charge in [0.15, 0.2) is 0 Å². The summed E-state index contributed by atoms with van der Waals surface area (Å²) in [7, 11) is 0. The molecule has 0 unspecified atom stereocenters. The second kappa shape index (κ2) is 3.87. The number of hydrogen-bond acceptors (Lipinski definition) is 3. The van der Waals surface area contributed by atoms with Crippen molar-refractivity contribution in [3.05, 3.63) is 0 Å². The van der Waals surface area contributed by atoms with Gasteiger partial charge in [0.05, 0.1) is 5.41 Å². The number of aliphatic hydroxyl groups excluding tert-OH is 1. The number of nitrogens with one attached hydrogen (secondary N) is 1. The lowest BCUT2D eigenvalue weighted by Gasteiger charge is -2.21. The van der Waals surface area contributed by atoms with Crippen molar-refractivity contribution in [2.75, 3.05) is 19.7 Å². The lowest BCUT2D eigenvalue weighted by molar-refractivity contribution is -0.146. The molecule has 3 N–H and O–H groups in total. The number of hydrogen-bond donors (Lipinski definition) is 3. The van der Waals surface area contributed by atoms with E-state index in [9.17, 15) is 4.79 Å². The Bertz CT molecular complexity index is 221. The first-order valence-electron chi connectivity index (χ1n) is 4.97. The Hall–Kier alpha value is -0.610. The molecule has 0 aromatic rings. The van der Waals surface area contributed by atoms with Crippen molar-refractivity contribution in [1.29, 1.82) is 0 Å². The van der Waals surface area contributed by atoms with Crippen LogP contribution in [-0.2, 0) is 4.79 Å². The topological polar surface area (TPSA) is 69.6 Å². The van der Waals surface area contributed by atoms with Crippen LogP contribution in [-0.4, -0.2) is 35.9 Å². The number of aliphatic hydroxyl groups is 1. The second-order valence-electron chi connectivity index (χ2n) is 4.95. The zero-order chi connectivity index (χ0) is 10.8. The monoisotopic (exact) mass is 201 g/mol. The minimum absolute atomic E-state index is 0.0502. The van der Waals surface area contributed by atoms with E-state index in [2.05, 4.69) is 5.32 Å². The van der Waals surface area contributed by atoms with Gasteiger partial charge < -0.3 is 15.5 Å². The molecule has 1 rings (SSSR count). The third-order valence-electron chi connectivity index (χ3n) is 2.94. The number of carbonyl (C=O) groups is 1. The Balaban J connectivity index is 2.24. The summed E-state index contributed by atoms with van der Waals surface area (Å²) >= 11 is 0. The third kappa shape index (κ3) is 2.69. The SMILES string of the molecule is CC(C)(CNCC1(CO)CC1)C(=O)O. The van der Waals surface area contributed by atoms with Crippen LogP contribution >= 0.6 is 0 Å². The van der Waals surface area contributed by atoms with E-state index in [1.807, 2.05) is 0 Å². The first-order valence-corrected chi connectivity index (χ1v) is 4.97. The molecular weight excluding hydrogens is 182 g/mol. The quantitative estimate of drug-likeness (QED) is 0.584. The molecule has 0 saturated heterocycles. The molecule has 4 heteroatoms. The number of aliphatic carboxylic acids is 1. The third-order valence-corrected chi connectivity index (χ3v) is 2.94. The van der Waals surface area contributed by atoms with Crippen LogP contribution < -0.4 is 5.32 Å². The fourth-order valence-electron chi connectivity index (χ4n) is 1.28. The summed E-state index contributed by atoms with van der Waals surface area (Å²) in [5.41, 5.74) is -0.680. The van der Waals surface area contributed by atoms with Gasteiger partial charge >= 0.3 is 5.97 Å². The molecule has 1 aliphatic rings. The van der Waals surface area contributed by atoms with Crippen LogP contribution in [0.15, 0.2) is 0 Å². The fraction of sp³-hybridized carbons (Fsp3) is 0.900. The summed E-state index contributed by atoms with van der Waals surface area (Å²) in [6.07, 6.45) is 2.09. The van der Waals surface area contributed by atoms with Crippen LogP contribution in [0.3, 0.4) is 0 Å². The van der Waals surface area contributed by atoms with E-state index in [1.165, 1.54) is 0 Å². The summed E-state index contributed by atoms with van der Waals surface area (Å²) in [6, 6.07) is 0. The van der Waals surface area contributed by atoms with Gasteiger partial charge in [-0.25, -0.2) is 0 Å². The molecule has 4 nitrogen and oxygen atoms in total. The van der Waals surface area contributed by atoms with Crippen molar-refractivity contribution >= 4 is 5.97 Å². The van der Waals surface area contributed by atoms with Crippen molar-refractivity contribution in [2.24, 2.45) is 10.8 Å². The molecule has 0 aromatic carbocycles. The fourth-order valence-corrected chi connectivity index (χ4v) is 1.28. The lowest BCUT2D eigenvalue weighted by atomic mass is 9.93. The van der Waals surface area contributed by atoms with Crippen molar-refractivity contribution in [3.63, 3.8) is 0 Å². The molecule has 0 amide bonds. The van der Waals surface area contributed by atoms with Crippen LogP contribution in [0.1, 0.15) is 26.7 Å². The Morgan fingerprint density at radius 2 is 2.07 bits per heavy atom. The maximum atomic E-state index is 10.8. The molecule has 1 aliphatic carbocycles. The van der Waals surface area contributed by atoms with Crippen LogP contribution in [0.5, 0.6) is 0 Å². The number of carboxylic acid groups (broad SMARTS) is 1. The van der Waals surface area contributed by atoms with Gasteiger partial charge in [0.25, 0.3) is 0 Å². The van der Waals surface area contributed by atoms with E-state index in [0.29, 0.717) is 6.54 Å². The Kier molecular flexibility index (Phi) is 3.17. The highest BCUT2D eigenvalue weighted by Gasteiger charge is 2.42. The van der Waals surface area contributed by atoms with E-state index >= 15 is 0 Å². The Morgan fingerprint density at radius 1 is 1.50 bits per heavy atom. The van der Waals surface area contributed by atoms with Gasteiger partial charge in [-0.3, -0.25) is 4.79 Å². The molecular formula is C10H19NO3. The molecule has 14 heavy (non-hydrogen) atoms. The lowest BCUT2D eigenvalue weighted by Crippen LogP contribution is -2.39. The average Bonchev–Trinajstić information content (AvgIpc) is 2.85. The molecule has 0 spiro atoms. The van der Waals surface area contributed by atoms with Crippen molar-refractivity contribution in [3.8, 4) is 0 Å². The summed E-state index contributed by atoms with van der Waals surface area (Å²) in [5.74, 6) is -0.793. The van der Waals surface area contributed by atoms with Gasteiger partial charge in [-0.2, -0.15) is 0 Å². The van der Waals surface area contributed by atoms with E-state index in [-0.39, 0.29) is 12.0 Å². The molecule has 0 aliphatic heterocycles. The summed E-state index contributed by atoms with van der Waals surface area (Å²) in [4.78, 5) is 10.8. The maximum Gasteiger partial charge on any atom is 0.310 e. The first-order chi connectivity index (χ1) is 6.42. The first kappa shape index (κ1) is 11.5. The predicted octanol–water partition coefficient (Wildman–Crippen LogP) is 0.459. The smallest absolute Gasteiger partial charge is 0.310 e. The molecule has 1 saturated carbocycles. The molecule has 1 fully saturated rings. The van der Waals surface area contributed by atoms with Gasteiger partial charge in [0.1, 0.15) is 0 Å². The minimum atomic E-state index is -0.793. The molecule has 0 heterocycles. The van der Waals surface area contributed by atoms with E-state index < -0.39 is 11.4 Å². The van der Waals surface area contributed by atoms with Crippen molar-refractivity contribution in [1.82, 2.24) is 5.32 Å². The maximum absolute atomic E-state index is 10.8. The molecule has 0 atom stereocenters. The van der Waals surface area contributed by atoms with Gasteiger partial charge in [-0.15, -0.1) is 0 Å². The molecule has 0 bridgehead atoms. The Morgan fingerprint density at radius 3 is 2.43 bits per heavy atom. The average molecular weight is 201 g/mol. The highest BCUT2D eigenvalue weighted by molar-refractivity contribution is 5.73. The van der Waals surface area contributed by atoms with E-state index in [0.717, 1.165) is 19.4 Å². The van der Waals surface area contributed by atoms with Gasteiger partial charge in [-0.1, -0.05) is 0 Å². The standard InChI is InChI=1S/C10H19NO3/c1-9(2,8(13)14)5-11-6-10(7-12)3-4-10/h11-12H,3-7H2,1-2H3,(H,13,14). The predicted molar refractivity (Wildman–Crippen MR) is 53.0 cm³/mol. The molecule has 82 valence electrons. The number of carboxylic acids is 1. The van der Waals surface area contributed by atoms with Gasteiger partial charge in [0, 0.05) is 25.1 Å². The van der Waals surface area contributed by atoms with Crippen LogP contribution in [0.4, 0.5) is 0 Å². The van der Waals surface area contributed by atoms with E-state index in [1.54, 1.807) is 13.8 Å². The van der Waals surface area contributed by atoms with Crippen LogP contribution in [0.2, 0.25) is 0 Å². The van der Waals surface area contributed by atoms with Crippen molar-refractivity contribution in [2.45, 2.75) is 26.7 Å². The zero-order valence-electron chi connectivity index (χ0n) is 8.84. The second-order valence-corrected chi connectivity index (χ2v) is 4.95. The summed E-state index contributed by atoms with van der Waals surface area (Å²) in [5, 5.41) is 21.0. The normalized spacial score (nSPS) is 19.4.